The molecule has 2 amide bonds. The average molecular weight is 460 g/mol. The van der Waals surface area contributed by atoms with Gasteiger partial charge in [0.1, 0.15) is 5.82 Å². The number of ether oxygens (including phenoxy) is 1. The minimum Gasteiger partial charge on any atom is -0.434 e. The van der Waals surface area contributed by atoms with E-state index in [4.69, 9.17) is 4.74 Å². The second-order valence-corrected chi connectivity index (χ2v) is 8.33. The summed E-state index contributed by atoms with van der Waals surface area (Å²) in [6, 6.07) is 13.0. The Morgan fingerprint density at radius 1 is 1.24 bits per heavy atom. The summed E-state index contributed by atoms with van der Waals surface area (Å²) in [7, 11) is 0. The summed E-state index contributed by atoms with van der Waals surface area (Å²) < 4.78 is 19.7. The first-order chi connectivity index (χ1) is 15.8. The van der Waals surface area contributed by atoms with Gasteiger partial charge in [0, 0.05) is 18.3 Å². The zero-order chi connectivity index (χ0) is 24.0. The molecule has 33 heavy (non-hydrogen) atoms. The number of benzene rings is 2. The summed E-state index contributed by atoms with van der Waals surface area (Å²) in [4.78, 5) is 26.4. The standard InChI is InChI=1S/C24H30FN3O5/c1-15(2)26-17-8-9-18(25)20(13-17)28-14-22(33-24(28)32)23(31)27-19(21(30)10-11-29)12-16-6-4-3-5-7-16/h3-9,13,15,19,21-22,26,29-30H,10-12,14H2,1-2H3,(H,27,31). The predicted molar refractivity (Wildman–Crippen MR) is 123 cm³/mol. The number of rotatable bonds is 10. The van der Waals surface area contributed by atoms with Crippen molar-refractivity contribution in [2.45, 2.75) is 51.0 Å². The zero-order valence-electron chi connectivity index (χ0n) is 18.7. The van der Waals surface area contributed by atoms with Crippen molar-refractivity contribution >= 4 is 23.4 Å². The lowest BCUT2D eigenvalue weighted by atomic mass is 9.99. The summed E-state index contributed by atoms with van der Waals surface area (Å²) in [5.74, 6) is -1.21. The number of amides is 2. The Hall–Kier alpha value is -3.17. The fourth-order valence-corrected chi connectivity index (χ4v) is 3.70. The van der Waals surface area contributed by atoms with Crippen molar-refractivity contribution in [3.8, 4) is 0 Å². The van der Waals surface area contributed by atoms with Gasteiger partial charge in [0.2, 0.25) is 0 Å². The molecule has 0 saturated carbocycles. The van der Waals surface area contributed by atoms with Crippen LogP contribution in [0.4, 0.5) is 20.6 Å². The van der Waals surface area contributed by atoms with Gasteiger partial charge in [-0.15, -0.1) is 0 Å². The molecule has 0 spiro atoms. The van der Waals surface area contributed by atoms with Crippen LogP contribution in [-0.2, 0) is 16.0 Å². The maximum absolute atomic E-state index is 14.5. The predicted octanol–water partition coefficient (Wildman–Crippen LogP) is 2.44. The van der Waals surface area contributed by atoms with E-state index in [-0.39, 0.29) is 31.3 Å². The number of nitrogens with zero attached hydrogens (tertiary/aromatic N) is 1. The molecule has 1 aliphatic heterocycles. The minimum atomic E-state index is -1.17. The Bertz CT molecular complexity index is 956. The van der Waals surface area contributed by atoms with Gasteiger partial charge in [-0.1, -0.05) is 30.3 Å². The SMILES string of the molecule is CC(C)Nc1ccc(F)c(N2CC(C(=O)NC(Cc3ccccc3)C(O)CCO)OC2=O)c1. The molecule has 0 aromatic heterocycles. The Morgan fingerprint density at radius 2 is 1.97 bits per heavy atom. The Morgan fingerprint density at radius 3 is 2.64 bits per heavy atom. The largest absolute Gasteiger partial charge is 0.434 e. The molecular weight excluding hydrogens is 429 g/mol. The quantitative estimate of drug-likeness (QED) is 0.434. The third kappa shape index (κ3) is 6.43. The topological polar surface area (TPSA) is 111 Å². The second-order valence-electron chi connectivity index (χ2n) is 8.33. The molecule has 3 atom stereocenters. The fourth-order valence-electron chi connectivity index (χ4n) is 3.70. The lowest BCUT2D eigenvalue weighted by Gasteiger charge is -2.25. The van der Waals surface area contributed by atoms with E-state index in [9.17, 15) is 24.2 Å². The molecule has 1 aliphatic rings. The van der Waals surface area contributed by atoms with Gasteiger partial charge in [0.15, 0.2) is 6.10 Å². The fraction of sp³-hybridized carbons (Fsp3) is 0.417. The summed E-state index contributed by atoms with van der Waals surface area (Å²) in [6.45, 7) is 3.46. The maximum Gasteiger partial charge on any atom is 0.415 e. The van der Waals surface area contributed by atoms with Crippen molar-refractivity contribution in [2.24, 2.45) is 0 Å². The molecule has 4 N–H and O–H groups in total. The van der Waals surface area contributed by atoms with Gasteiger partial charge in [0.25, 0.3) is 5.91 Å². The normalized spacial score (nSPS) is 17.6. The van der Waals surface area contributed by atoms with Crippen molar-refractivity contribution in [1.82, 2.24) is 5.32 Å². The van der Waals surface area contributed by atoms with Gasteiger partial charge in [-0.2, -0.15) is 0 Å². The summed E-state index contributed by atoms with van der Waals surface area (Å²) in [5.41, 5.74) is 1.54. The molecule has 178 valence electrons. The molecule has 8 nitrogen and oxygen atoms in total. The molecular formula is C24H30FN3O5. The molecule has 1 heterocycles. The number of anilines is 2. The van der Waals surface area contributed by atoms with E-state index in [2.05, 4.69) is 10.6 Å². The highest BCUT2D eigenvalue weighted by atomic mass is 19.1. The molecule has 1 fully saturated rings. The van der Waals surface area contributed by atoms with Crippen molar-refractivity contribution in [3.63, 3.8) is 0 Å². The van der Waals surface area contributed by atoms with E-state index in [0.717, 1.165) is 10.5 Å². The molecule has 3 rings (SSSR count). The van der Waals surface area contributed by atoms with Crippen LogP contribution in [-0.4, -0.2) is 59.7 Å². The second kappa shape index (κ2) is 11.1. The van der Waals surface area contributed by atoms with Crippen molar-refractivity contribution in [3.05, 3.63) is 59.9 Å². The van der Waals surface area contributed by atoms with Gasteiger partial charge in [-0.3, -0.25) is 9.69 Å². The number of carbonyl (C=O) groups excluding carboxylic acids is 2. The Balaban J connectivity index is 1.72. The third-order valence-electron chi connectivity index (χ3n) is 5.31. The van der Waals surface area contributed by atoms with E-state index in [1.165, 1.54) is 12.1 Å². The van der Waals surface area contributed by atoms with Crippen LogP contribution in [0.25, 0.3) is 0 Å². The Kier molecular flexibility index (Phi) is 8.24. The first kappa shape index (κ1) is 24.5. The molecule has 0 radical (unpaired) electrons. The van der Waals surface area contributed by atoms with Gasteiger partial charge < -0.3 is 25.6 Å². The summed E-state index contributed by atoms with van der Waals surface area (Å²) >= 11 is 0. The monoisotopic (exact) mass is 459 g/mol. The van der Waals surface area contributed by atoms with E-state index >= 15 is 0 Å². The van der Waals surface area contributed by atoms with Crippen LogP contribution in [0.5, 0.6) is 0 Å². The number of hydrogen-bond acceptors (Lipinski definition) is 6. The first-order valence-electron chi connectivity index (χ1n) is 11.0. The summed E-state index contributed by atoms with van der Waals surface area (Å²) in [6.07, 6.45) is -2.58. The minimum absolute atomic E-state index is 0.0158. The number of nitrogens with one attached hydrogen (secondary N) is 2. The van der Waals surface area contributed by atoms with E-state index < -0.39 is 36.1 Å². The van der Waals surface area contributed by atoms with Crippen LogP contribution in [0, 0.1) is 5.82 Å². The Labute approximate surface area is 192 Å². The number of hydrogen-bond donors (Lipinski definition) is 4. The van der Waals surface area contributed by atoms with Crippen LogP contribution in [0.15, 0.2) is 48.5 Å². The molecule has 2 aromatic carbocycles. The van der Waals surface area contributed by atoms with Crippen LogP contribution < -0.4 is 15.5 Å². The third-order valence-corrected chi connectivity index (χ3v) is 5.31. The number of aliphatic hydroxyl groups excluding tert-OH is 2. The number of aliphatic hydroxyl groups is 2. The molecule has 3 unspecified atom stereocenters. The molecule has 2 aromatic rings. The molecule has 1 saturated heterocycles. The van der Waals surface area contributed by atoms with Crippen LogP contribution in [0.3, 0.4) is 0 Å². The highest BCUT2D eigenvalue weighted by Gasteiger charge is 2.39. The smallest absolute Gasteiger partial charge is 0.415 e. The molecule has 9 heteroatoms. The van der Waals surface area contributed by atoms with Gasteiger partial charge >= 0.3 is 6.09 Å². The van der Waals surface area contributed by atoms with Crippen LogP contribution >= 0.6 is 0 Å². The van der Waals surface area contributed by atoms with E-state index in [1.807, 2.05) is 44.2 Å². The van der Waals surface area contributed by atoms with E-state index in [0.29, 0.717) is 12.1 Å². The lowest BCUT2D eigenvalue weighted by Crippen LogP contribution is -2.49. The number of carbonyl (C=O) groups is 2. The highest BCUT2D eigenvalue weighted by Crippen LogP contribution is 2.28. The molecule has 0 aliphatic carbocycles. The van der Waals surface area contributed by atoms with Gasteiger partial charge in [0.05, 0.1) is 24.4 Å². The van der Waals surface area contributed by atoms with Crippen molar-refractivity contribution < 1.29 is 28.9 Å². The lowest BCUT2D eigenvalue weighted by molar-refractivity contribution is -0.129. The van der Waals surface area contributed by atoms with Crippen molar-refractivity contribution in [1.29, 1.82) is 0 Å². The number of halogens is 1. The first-order valence-corrected chi connectivity index (χ1v) is 11.0. The molecule has 0 bridgehead atoms. The average Bonchev–Trinajstić information content (AvgIpc) is 3.16. The van der Waals surface area contributed by atoms with Gasteiger partial charge in [-0.05, 0) is 50.5 Å². The maximum atomic E-state index is 14.5. The number of cyclic esters (lactones) is 1. The summed E-state index contributed by atoms with van der Waals surface area (Å²) in [5, 5.41) is 25.5. The zero-order valence-corrected chi connectivity index (χ0v) is 18.7. The van der Waals surface area contributed by atoms with E-state index in [1.54, 1.807) is 6.07 Å². The van der Waals surface area contributed by atoms with Gasteiger partial charge in [-0.25, -0.2) is 9.18 Å². The van der Waals surface area contributed by atoms with Crippen molar-refractivity contribution in [2.75, 3.05) is 23.4 Å². The highest BCUT2D eigenvalue weighted by molar-refractivity contribution is 5.96. The van der Waals surface area contributed by atoms with Crippen LogP contribution in [0.1, 0.15) is 25.8 Å². The van der Waals surface area contributed by atoms with Crippen LogP contribution in [0.2, 0.25) is 0 Å².